The Morgan fingerprint density at radius 2 is 1.45 bits per heavy atom. The van der Waals surface area contributed by atoms with Crippen molar-refractivity contribution in [3.05, 3.63) is 113 Å². The fourth-order valence-corrected chi connectivity index (χ4v) is 4.54. The SMILES string of the molecule is COc1cc(OC)c(C2Nc3ccccc3C(=O)N2NC(=O)c2ccccc2OCc2ccccc2)cc1OC. The molecule has 0 aromatic heterocycles. The minimum absolute atomic E-state index is 0.281. The third kappa shape index (κ3) is 5.22. The standard InChI is InChI=1S/C31H29N3O6/c1-37-26-18-28(39-3)27(38-2)17-23(26)29-32-24-15-9-7-13-21(24)31(36)34(29)33-30(35)22-14-8-10-16-25(22)40-19-20-11-5-4-6-12-20/h4-18,29,32H,19H2,1-3H3,(H,33,35). The Morgan fingerprint density at radius 3 is 2.20 bits per heavy atom. The van der Waals surface area contributed by atoms with Crippen LogP contribution in [0.25, 0.3) is 0 Å². The molecule has 2 N–H and O–H groups in total. The first-order valence-corrected chi connectivity index (χ1v) is 12.6. The number of hydrogen-bond donors (Lipinski definition) is 2. The number of para-hydroxylation sites is 2. The molecule has 40 heavy (non-hydrogen) atoms. The highest BCUT2D eigenvalue weighted by molar-refractivity contribution is 6.04. The molecule has 0 radical (unpaired) electrons. The maximum Gasteiger partial charge on any atom is 0.276 e. The van der Waals surface area contributed by atoms with Gasteiger partial charge in [0.25, 0.3) is 11.8 Å². The summed E-state index contributed by atoms with van der Waals surface area (Å²) in [5.41, 5.74) is 5.63. The number of amides is 2. The van der Waals surface area contributed by atoms with Crippen molar-refractivity contribution < 1.29 is 28.5 Å². The van der Waals surface area contributed by atoms with E-state index in [0.717, 1.165) is 5.56 Å². The lowest BCUT2D eigenvalue weighted by molar-refractivity contribution is 0.0486. The number of carbonyl (C=O) groups excluding carboxylic acids is 2. The number of anilines is 1. The van der Waals surface area contributed by atoms with Gasteiger partial charge < -0.3 is 24.3 Å². The van der Waals surface area contributed by atoms with Gasteiger partial charge in [0.05, 0.1) is 32.5 Å². The zero-order chi connectivity index (χ0) is 28.1. The molecule has 0 fully saturated rings. The minimum Gasteiger partial charge on any atom is -0.496 e. The average molecular weight is 540 g/mol. The van der Waals surface area contributed by atoms with Crippen molar-refractivity contribution >= 4 is 17.5 Å². The van der Waals surface area contributed by atoms with E-state index in [2.05, 4.69) is 10.7 Å². The summed E-state index contributed by atoms with van der Waals surface area (Å²) in [4.78, 5) is 27.5. The number of nitrogens with zero attached hydrogens (tertiary/aromatic N) is 1. The monoisotopic (exact) mass is 539 g/mol. The molecule has 4 aromatic carbocycles. The van der Waals surface area contributed by atoms with E-state index in [4.69, 9.17) is 18.9 Å². The third-order valence-electron chi connectivity index (χ3n) is 6.55. The number of methoxy groups -OCH3 is 3. The predicted octanol–water partition coefficient (Wildman–Crippen LogP) is 5.20. The van der Waals surface area contributed by atoms with Crippen molar-refractivity contribution in [2.45, 2.75) is 12.8 Å². The highest BCUT2D eigenvalue weighted by atomic mass is 16.5. The quantitative estimate of drug-likeness (QED) is 0.302. The Morgan fingerprint density at radius 1 is 0.800 bits per heavy atom. The molecule has 1 atom stereocenters. The van der Waals surface area contributed by atoms with Gasteiger partial charge in [-0.1, -0.05) is 54.6 Å². The smallest absolute Gasteiger partial charge is 0.276 e. The summed E-state index contributed by atoms with van der Waals surface area (Å²) in [7, 11) is 4.57. The van der Waals surface area contributed by atoms with Crippen LogP contribution in [-0.4, -0.2) is 38.2 Å². The molecule has 4 aromatic rings. The maximum atomic E-state index is 13.8. The van der Waals surface area contributed by atoms with Crippen LogP contribution in [0.3, 0.4) is 0 Å². The highest BCUT2D eigenvalue weighted by Gasteiger charge is 2.37. The van der Waals surface area contributed by atoms with Crippen LogP contribution < -0.4 is 29.7 Å². The Kier molecular flexibility index (Phi) is 7.72. The fourth-order valence-electron chi connectivity index (χ4n) is 4.54. The van der Waals surface area contributed by atoms with Crippen molar-refractivity contribution in [2.75, 3.05) is 26.6 Å². The molecule has 204 valence electrons. The average Bonchev–Trinajstić information content (AvgIpc) is 3.01. The van der Waals surface area contributed by atoms with Gasteiger partial charge in [-0.2, -0.15) is 0 Å². The van der Waals surface area contributed by atoms with Gasteiger partial charge in [-0.25, -0.2) is 5.01 Å². The lowest BCUT2D eigenvalue weighted by atomic mass is 10.0. The van der Waals surface area contributed by atoms with Crippen LogP contribution in [-0.2, 0) is 6.61 Å². The van der Waals surface area contributed by atoms with E-state index >= 15 is 0 Å². The van der Waals surface area contributed by atoms with Gasteiger partial charge in [-0.05, 0) is 35.9 Å². The van der Waals surface area contributed by atoms with Gasteiger partial charge in [-0.3, -0.25) is 15.0 Å². The van der Waals surface area contributed by atoms with Crippen molar-refractivity contribution in [3.8, 4) is 23.0 Å². The molecular weight excluding hydrogens is 510 g/mol. The number of hydrogen-bond acceptors (Lipinski definition) is 7. The number of hydrazine groups is 1. The number of carbonyl (C=O) groups is 2. The summed E-state index contributed by atoms with van der Waals surface area (Å²) >= 11 is 0. The maximum absolute atomic E-state index is 13.8. The van der Waals surface area contributed by atoms with Gasteiger partial charge in [0.1, 0.15) is 18.1 Å². The van der Waals surface area contributed by atoms with Crippen LogP contribution in [0.15, 0.2) is 91.0 Å². The first-order valence-electron chi connectivity index (χ1n) is 12.6. The summed E-state index contributed by atoms with van der Waals surface area (Å²) in [6.07, 6.45) is -0.835. The summed E-state index contributed by atoms with van der Waals surface area (Å²) < 4.78 is 22.6. The molecule has 0 spiro atoms. The van der Waals surface area contributed by atoms with Gasteiger partial charge in [-0.15, -0.1) is 0 Å². The zero-order valence-corrected chi connectivity index (χ0v) is 22.3. The molecule has 1 aliphatic rings. The first kappa shape index (κ1) is 26.4. The molecule has 1 aliphatic heterocycles. The fraction of sp³-hybridized carbons (Fsp3) is 0.161. The van der Waals surface area contributed by atoms with E-state index in [1.807, 2.05) is 36.4 Å². The Balaban J connectivity index is 1.50. The van der Waals surface area contributed by atoms with Crippen molar-refractivity contribution in [1.29, 1.82) is 0 Å². The van der Waals surface area contributed by atoms with E-state index in [1.54, 1.807) is 54.6 Å². The zero-order valence-electron chi connectivity index (χ0n) is 22.3. The molecule has 1 heterocycles. The molecular formula is C31H29N3O6. The Hall–Kier alpha value is -5.18. The minimum atomic E-state index is -0.835. The number of fused-ring (bicyclic) bond motifs is 1. The molecule has 0 saturated carbocycles. The van der Waals surface area contributed by atoms with Crippen LogP contribution in [0.5, 0.6) is 23.0 Å². The van der Waals surface area contributed by atoms with Gasteiger partial charge in [0.2, 0.25) is 0 Å². The summed E-state index contributed by atoms with van der Waals surface area (Å²) in [5.74, 6) is 0.827. The van der Waals surface area contributed by atoms with Crippen LogP contribution in [0.2, 0.25) is 0 Å². The second-order valence-corrected chi connectivity index (χ2v) is 8.93. The van der Waals surface area contributed by atoms with E-state index in [9.17, 15) is 9.59 Å². The Labute approximate surface area is 232 Å². The van der Waals surface area contributed by atoms with E-state index in [0.29, 0.717) is 39.8 Å². The topological polar surface area (TPSA) is 98.4 Å². The van der Waals surface area contributed by atoms with Gasteiger partial charge in [0.15, 0.2) is 17.7 Å². The van der Waals surface area contributed by atoms with E-state index < -0.39 is 18.0 Å². The van der Waals surface area contributed by atoms with Gasteiger partial charge in [0, 0.05) is 17.3 Å². The number of nitrogens with one attached hydrogen (secondary N) is 2. The van der Waals surface area contributed by atoms with Crippen molar-refractivity contribution in [3.63, 3.8) is 0 Å². The van der Waals surface area contributed by atoms with Crippen LogP contribution in [0.4, 0.5) is 5.69 Å². The molecule has 0 saturated heterocycles. The lowest BCUT2D eigenvalue weighted by Gasteiger charge is -2.38. The molecule has 2 amide bonds. The lowest BCUT2D eigenvalue weighted by Crippen LogP contribution is -2.53. The second-order valence-electron chi connectivity index (χ2n) is 8.93. The van der Waals surface area contributed by atoms with Crippen molar-refractivity contribution in [1.82, 2.24) is 10.4 Å². The number of ether oxygens (including phenoxy) is 4. The molecule has 0 bridgehead atoms. The Bertz CT molecular complexity index is 1530. The highest BCUT2D eigenvalue weighted by Crippen LogP contribution is 2.41. The normalized spacial score (nSPS) is 14.0. The summed E-state index contributed by atoms with van der Waals surface area (Å²) in [6.45, 7) is 0.286. The molecule has 9 nitrogen and oxygen atoms in total. The van der Waals surface area contributed by atoms with Crippen LogP contribution in [0, 0.1) is 0 Å². The molecule has 1 unspecified atom stereocenters. The van der Waals surface area contributed by atoms with E-state index in [1.165, 1.54) is 26.3 Å². The molecule has 5 rings (SSSR count). The number of benzene rings is 4. The largest absolute Gasteiger partial charge is 0.496 e. The third-order valence-corrected chi connectivity index (χ3v) is 6.55. The molecule has 0 aliphatic carbocycles. The summed E-state index contributed by atoms with van der Waals surface area (Å²) in [6, 6.07) is 27.1. The van der Waals surface area contributed by atoms with Crippen molar-refractivity contribution in [2.24, 2.45) is 0 Å². The van der Waals surface area contributed by atoms with E-state index in [-0.39, 0.29) is 12.2 Å². The second kappa shape index (κ2) is 11.7. The summed E-state index contributed by atoms with van der Waals surface area (Å²) in [5, 5.41) is 4.61. The van der Waals surface area contributed by atoms with Gasteiger partial charge >= 0.3 is 0 Å². The predicted molar refractivity (Wildman–Crippen MR) is 150 cm³/mol. The van der Waals surface area contributed by atoms with Crippen LogP contribution in [0.1, 0.15) is 38.0 Å². The first-order chi connectivity index (χ1) is 19.5. The van der Waals surface area contributed by atoms with Crippen LogP contribution >= 0.6 is 0 Å². The number of rotatable bonds is 9. The molecule has 9 heteroatoms.